The van der Waals surface area contributed by atoms with Gasteiger partial charge in [0.2, 0.25) is 5.95 Å². The molecule has 5 nitrogen and oxygen atoms in total. The van der Waals surface area contributed by atoms with Crippen LogP contribution < -0.4 is 9.80 Å². The Labute approximate surface area is 142 Å². The largest absolute Gasteiger partial charge is 0.341 e. The second-order valence-electron chi connectivity index (χ2n) is 6.80. The lowest BCUT2D eigenvalue weighted by Crippen LogP contribution is -2.35. The molecule has 2 aliphatic heterocycles. The minimum atomic E-state index is -0.0153. The van der Waals surface area contributed by atoms with E-state index in [-0.39, 0.29) is 5.91 Å². The van der Waals surface area contributed by atoms with Crippen LogP contribution in [0.4, 0.5) is 11.6 Å². The molecule has 5 heteroatoms. The van der Waals surface area contributed by atoms with Crippen molar-refractivity contribution in [3.05, 3.63) is 47.8 Å². The summed E-state index contributed by atoms with van der Waals surface area (Å²) in [5.74, 6) is 1.39. The summed E-state index contributed by atoms with van der Waals surface area (Å²) in [5, 5.41) is 0. The fraction of sp³-hybridized carbons (Fsp3) is 0.421. The highest BCUT2D eigenvalue weighted by molar-refractivity contribution is 6.06. The molecule has 0 saturated carbocycles. The molecular weight excluding hydrogens is 300 g/mol. The van der Waals surface area contributed by atoms with Gasteiger partial charge in [0.25, 0.3) is 5.91 Å². The third kappa shape index (κ3) is 2.75. The zero-order valence-corrected chi connectivity index (χ0v) is 14.0. The summed E-state index contributed by atoms with van der Waals surface area (Å²) in [7, 11) is 0. The van der Waals surface area contributed by atoms with Crippen molar-refractivity contribution in [2.45, 2.75) is 26.2 Å². The van der Waals surface area contributed by atoms with Gasteiger partial charge in [-0.25, -0.2) is 9.97 Å². The van der Waals surface area contributed by atoms with E-state index in [0.29, 0.717) is 11.5 Å². The standard InChI is InChI=1S/C19H22N4O/c1-14-5-4-9-22(13-14)19-20-11-16(12-21-19)18(24)23-10-8-15-6-2-3-7-17(15)23/h2-3,6-7,11-12,14H,4-5,8-10,13H2,1H3. The Kier molecular flexibility index (Phi) is 3.92. The third-order valence-electron chi connectivity index (χ3n) is 4.96. The second-order valence-corrected chi connectivity index (χ2v) is 6.80. The number of nitrogens with zero attached hydrogens (tertiary/aromatic N) is 4. The van der Waals surface area contributed by atoms with E-state index >= 15 is 0 Å². The SMILES string of the molecule is CC1CCCN(c2ncc(C(=O)N3CCc4ccccc43)cn2)C1. The van der Waals surface area contributed by atoms with Gasteiger partial charge in [0.1, 0.15) is 0 Å². The molecule has 1 amide bonds. The molecule has 1 fully saturated rings. The van der Waals surface area contributed by atoms with Crippen LogP contribution in [0.2, 0.25) is 0 Å². The van der Waals surface area contributed by atoms with E-state index in [0.717, 1.165) is 37.7 Å². The summed E-state index contributed by atoms with van der Waals surface area (Å²) in [6, 6.07) is 8.08. The average Bonchev–Trinajstić information content (AvgIpc) is 3.05. The van der Waals surface area contributed by atoms with Crippen LogP contribution in [-0.4, -0.2) is 35.5 Å². The van der Waals surface area contributed by atoms with Crippen molar-refractivity contribution in [3.8, 4) is 0 Å². The monoisotopic (exact) mass is 322 g/mol. The van der Waals surface area contributed by atoms with E-state index in [1.54, 1.807) is 12.4 Å². The van der Waals surface area contributed by atoms with Gasteiger partial charge in [-0.2, -0.15) is 0 Å². The highest BCUT2D eigenvalue weighted by Gasteiger charge is 2.26. The van der Waals surface area contributed by atoms with E-state index in [9.17, 15) is 4.79 Å². The molecule has 3 heterocycles. The van der Waals surface area contributed by atoms with Gasteiger partial charge in [-0.3, -0.25) is 4.79 Å². The number of amides is 1. The van der Waals surface area contributed by atoms with Crippen LogP contribution in [0.1, 0.15) is 35.7 Å². The fourth-order valence-corrected chi connectivity index (χ4v) is 3.67. The predicted molar refractivity (Wildman–Crippen MR) is 94.5 cm³/mol. The first kappa shape index (κ1) is 15.1. The molecule has 2 aliphatic rings. The molecule has 24 heavy (non-hydrogen) atoms. The molecule has 1 unspecified atom stereocenters. The van der Waals surface area contributed by atoms with Crippen LogP contribution in [0.25, 0.3) is 0 Å². The first-order valence-electron chi connectivity index (χ1n) is 8.69. The Morgan fingerprint density at radius 2 is 1.96 bits per heavy atom. The number of rotatable bonds is 2. The summed E-state index contributed by atoms with van der Waals surface area (Å²) >= 11 is 0. The molecular formula is C19H22N4O. The summed E-state index contributed by atoms with van der Waals surface area (Å²) in [4.78, 5) is 25.7. The zero-order chi connectivity index (χ0) is 16.5. The zero-order valence-electron chi connectivity index (χ0n) is 14.0. The van der Waals surface area contributed by atoms with Gasteiger partial charge in [0.15, 0.2) is 0 Å². The van der Waals surface area contributed by atoms with Gasteiger partial charge < -0.3 is 9.80 Å². The molecule has 1 aromatic heterocycles. The number of hydrogen-bond donors (Lipinski definition) is 0. The maximum Gasteiger partial charge on any atom is 0.261 e. The Bertz CT molecular complexity index is 743. The molecule has 0 N–H and O–H groups in total. The molecule has 4 rings (SSSR count). The quantitative estimate of drug-likeness (QED) is 0.853. The van der Waals surface area contributed by atoms with Crippen LogP contribution >= 0.6 is 0 Å². The molecule has 0 bridgehead atoms. The van der Waals surface area contributed by atoms with Crippen molar-refractivity contribution in [1.29, 1.82) is 0 Å². The highest BCUT2D eigenvalue weighted by Crippen LogP contribution is 2.28. The molecule has 2 aromatic rings. The summed E-state index contributed by atoms with van der Waals surface area (Å²) in [6.07, 6.45) is 6.69. The molecule has 0 spiro atoms. The Morgan fingerprint density at radius 3 is 2.75 bits per heavy atom. The summed E-state index contributed by atoms with van der Waals surface area (Å²) in [5.41, 5.74) is 2.79. The van der Waals surface area contributed by atoms with Crippen molar-refractivity contribution in [1.82, 2.24) is 9.97 Å². The van der Waals surface area contributed by atoms with Gasteiger partial charge in [-0.1, -0.05) is 25.1 Å². The lowest BCUT2D eigenvalue weighted by molar-refractivity contribution is 0.0988. The van der Waals surface area contributed by atoms with E-state index < -0.39 is 0 Å². The van der Waals surface area contributed by atoms with Crippen molar-refractivity contribution in [2.75, 3.05) is 29.4 Å². The number of carbonyl (C=O) groups is 1. The Morgan fingerprint density at radius 1 is 1.17 bits per heavy atom. The first-order valence-corrected chi connectivity index (χ1v) is 8.69. The van der Waals surface area contributed by atoms with Gasteiger partial charge in [-0.15, -0.1) is 0 Å². The average molecular weight is 322 g/mol. The summed E-state index contributed by atoms with van der Waals surface area (Å²) in [6.45, 7) is 4.97. The van der Waals surface area contributed by atoms with E-state index in [2.05, 4.69) is 27.9 Å². The number of carbonyl (C=O) groups excluding carboxylic acids is 1. The Hall–Kier alpha value is -2.43. The minimum Gasteiger partial charge on any atom is -0.341 e. The maximum absolute atomic E-state index is 12.8. The lowest BCUT2D eigenvalue weighted by atomic mass is 10.0. The van der Waals surface area contributed by atoms with E-state index in [1.807, 2.05) is 23.1 Å². The number of aromatic nitrogens is 2. The smallest absolute Gasteiger partial charge is 0.261 e. The Balaban J connectivity index is 1.52. The third-order valence-corrected chi connectivity index (χ3v) is 4.96. The number of fused-ring (bicyclic) bond motifs is 1. The minimum absolute atomic E-state index is 0.0153. The second kappa shape index (κ2) is 6.23. The highest BCUT2D eigenvalue weighted by atomic mass is 16.2. The van der Waals surface area contributed by atoms with Crippen molar-refractivity contribution in [3.63, 3.8) is 0 Å². The van der Waals surface area contributed by atoms with Gasteiger partial charge in [0.05, 0.1) is 5.56 Å². The first-order chi connectivity index (χ1) is 11.7. The van der Waals surface area contributed by atoms with Crippen LogP contribution in [-0.2, 0) is 6.42 Å². The van der Waals surface area contributed by atoms with Gasteiger partial charge >= 0.3 is 0 Å². The molecule has 1 aromatic carbocycles. The molecule has 0 aliphatic carbocycles. The van der Waals surface area contributed by atoms with Crippen LogP contribution in [0.15, 0.2) is 36.7 Å². The lowest BCUT2D eigenvalue weighted by Gasteiger charge is -2.30. The van der Waals surface area contributed by atoms with Gasteiger partial charge in [0, 0.05) is 37.7 Å². The van der Waals surface area contributed by atoms with Gasteiger partial charge in [-0.05, 0) is 36.8 Å². The number of para-hydroxylation sites is 1. The molecule has 124 valence electrons. The van der Waals surface area contributed by atoms with E-state index in [4.69, 9.17) is 0 Å². The number of benzene rings is 1. The number of piperidine rings is 1. The predicted octanol–water partition coefficient (Wildman–Crippen LogP) is 2.92. The summed E-state index contributed by atoms with van der Waals surface area (Å²) < 4.78 is 0. The number of anilines is 2. The topological polar surface area (TPSA) is 49.3 Å². The van der Waals surface area contributed by atoms with Crippen LogP contribution in [0.3, 0.4) is 0 Å². The van der Waals surface area contributed by atoms with Crippen LogP contribution in [0, 0.1) is 5.92 Å². The number of hydrogen-bond acceptors (Lipinski definition) is 4. The molecule has 1 atom stereocenters. The van der Waals surface area contributed by atoms with E-state index in [1.165, 1.54) is 18.4 Å². The van der Waals surface area contributed by atoms with Crippen LogP contribution in [0.5, 0.6) is 0 Å². The normalized spacial score (nSPS) is 20.1. The fourth-order valence-electron chi connectivity index (χ4n) is 3.67. The van der Waals surface area contributed by atoms with Crippen molar-refractivity contribution >= 4 is 17.5 Å². The van der Waals surface area contributed by atoms with Crippen molar-refractivity contribution < 1.29 is 4.79 Å². The maximum atomic E-state index is 12.8. The molecule has 1 saturated heterocycles. The molecule has 0 radical (unpaired) electrons. The van der Waals surface area contributed by atoms with Crippen molar-refractivity contribution in [2.24, 2.45) is 5.92 Å².